The van der Waals surface area contributed by atoms with Crippen LogP contribution in [0.4, 0.5) is 0 Å². The average molecular weight is 1010 g/mol. The van der Waals surface area contributed by atoms with E-state index in [0.717, 1.165) is 51.4 Å². The molecule has 5 N–H and O–H groups in total. The van der Waals surface area contributed by atoms with Crippen molar-refractivity contribution >= 4 is 5.91 Å². The highest BCUT2D eigenvalue weighted by molar-refractivity contribution is 5.80. The minimum Gasteiger partial charge on any atom is -0.394 e. The van der Waals surface area contributed by atoms with E-state index in [0.29, 0.717) is 19.3 Å². The fourth-order valence-corrected chi connectivity index (χ4v) is 9.96. The van der Waals surface area contributed by atoms with E-state index in [1.54, 1.807) is 0 Å². The molecule has 0 aromatic rings. The summed E-state index contributed by atoms with van der Waals surface area (Å²) in [5.41, 5.74) is 0. The number of nitrogens with one attached hydrogen (secondary N) is 1. The van der Waals surface area contributed by atoms with Crippen molar-refractivity contribution in [3.05, 3.63) is 48.6 Å². The number of hydrogen-bond acceptors (Lipinski definition) is 5. The van der Waals surface area contributed by atoms with Crippen molar-refractivity contribution < 1.29 is 25.2 Å². The van der Waals surface area contributed by atoms with Gasteiger partial charge < -0.3 is 25.7 Å². The van der Waals surface area contributed by atoms with E-state index in [1.165, 1.54) is 250 Å². The number of hydrogen-bond donors (Lipinski definition) is 5. The zero-order valence-electron chi connectivity index (χ0n) is 48.2. The fraction of sp³-hybridized carbons (Fsp3) is 0.864. The van der Waals surface area contributed by atoms with Crippen LogP contribution in [0.3, 0.4) is 0 Å². The van der Waals surface area contributed by atoms with Crippen molar-refractivity contribution in [1.82, 2.24) is 5.32 Å². The molecular formula is C66H125NO5. The van der Waals surface area contributed by atoms with E-state index >= 15 is 0 Å². The lowest BCUT2D eigenvalue weighted by Gasteiger charge is -2.27. The average Bonchev–Trinajstić information content (AvgIpc) is 3.39. The first-order valence-corrected chi connectivity index (χ1v) is 32.0. The molecule has 0 aliphatic carbocycles. The van der Waals surface area contributed by atoms with Crippen LogP contribution in [0.25, 0.3) is 0 Å². The zero-order valence-corrected chi connectivity index (χ0v) is 48.2. The molecule has 0 heterocycles. The summed E-state index contributed by atoms with van der Waals surface area (Å²) in [5.74, 6) is -0.598. The fourth-order valence-electron chi connectivity index (χ4n) is 9.96. The van der Waals surface area contributed by atoms with Crippen LogP contribution in [0.15, 0.2) is 48.6 Å². The minimum atomic E-state index is -1.30. The van der Waals surface area contributed by atoms with Crippen LogP contribution >= 0.6 is 0 Å². The molecule has 0 saturated carbocycles. The van der Waals surface area contributed by atoms with E-state index < -0.39 is 36.9 Å². The number of aliphatic hydroxyl groups is 4. The Bertz CT molecular complexity index is 1180. The molecule has 0 aliphatic rings. The van der Waals surface area contributed by atoms with Crippen molar-refractivity contribution in [3.8, 4) is 0 Å². The Hall–Kier alpha value is -1.73. The van der Waals surface area contributed by atoms with E-state index in [2.05, 4.69) is 67.8 Å². The molecule has 0 saturated heterocycles. The highest BCUT2D eigenvalue weighted by atomic mass is 16.3. The topological polar surface area (TPSA) is 110 Å². The van der Waals surface area contributed by atoms with Gasteiger partial charge in [0.1, 0.15) is 12.2 Å². The number of aliphatic hydroxyl groups excluding tert-OH is 4. The maximum Gasteiger partial charge on any atom is 0.249 e. The second-order valence-electron chi connectivity index (χ2n) is 22.1. The highest BCUT2D eigenvalue weighted by Gasteiger charge is 2.28. The molecule has 0 aromatic carbocycles. The van der Waals surface area contributed by atoms with Gasteiger partial charge in [0.05, 0.1) is 18.8 Å². The van der Waals surface area contributed by atoms with Crippen LogP contribution in [-0.4, -0.2) is 57.3 Å². The molecule has 0 fully saturated rings. The SMILES string of the molecule is CCCCCCCCCCCCCC/C=C\CCCCCCCCCCCC(O)C(=O)NC(CO)C(O)C(O)CCC/C=C/CC/C=C/CC/C=C/CCCCCCCCCCCCCCCCCCCC. The predicted molar refractivity (Wildman–Crippen MR) is 316 cm³/mol. The van der Waals surface area contributed by atoms with Gasteiger partial charge in [0.25, 0.3) is 0 Å². The zero-order chi connectivity index (χ0) is 52.3. The van der Waals surface area contributed by atoms with E-state index in [-0.39, 0.29) is 0 Å². The van der Waals surface area contributed by atoms with Crippen molar-refractivity contribution in [3.63, 3.8) is 0 Å². The summed E-state index contributed by atoms with van der Waals surface area (Å²) in [4.78, 5) is 12.6. The molecule has 72 heavy (non-hydrogen) atoms. The molecule has 0 radical (unpaired) electrons. The first-order valence-electron chi connectivity index (χ1n) is 32.0. The number of carbonyl (C=O) groups excluding carboxylic acids is 1. The van der Waals surface area contributed by atoms with Crippen LogP contribution < -0.4 is 5.32 Å². The Morgan fingerprint density at radius 1 is 0.333 bits per heavy atom. The Labute approximate surface area is 449 Å². The smallest absolute Gasteiger partial charge is 0.249 e. The second kappa shape index (κ2) is 60.1. The standard InChI is InChI=1S/C66H125NO5/c1-3-5-7-9-11-13-15-17-19-21-23-25-27-29-30-31-32-33-34-36-37-39-41-43-45-47-49-51-53-55-57-59-63(69)65(71)62(61-68)67-66(72)64(70)60-58-56-54-52-50-48-46-44-42-40-38-35-28-26-24-22-20-18-16-14-12-10-8-6-4-2/h35-38,43,45,51,53,62-65,68-71H,3-34,39-42,44,46-50,52,54-61H2,1-2H3,(H,67,72)/b37-36+,38-35-,45-43+,53-51+. The lowest BCUT2D eigenvalue weighted by Crippen LogP contribution is -2.53. The molecule has 0 aliphatic heterocycles. The van der Waals surface area contributed by atoms with E-state index in [1.807, 2.05) is 0 Å². The first-order chi connectivity index (χ1) is 35.5. The summed E-state index contributed by atoms with van der Waals surface area (Å²) in [6.45, 7) is 4.08. The van der Waals surface area contributed by atoms with Crippen LogP contribution in [0, 0.1) is 0 Å². The molecule has 424 valence electrons. The van der Waals surface area contributed by atoms with Crippen molar-refractivity contribution in [1.29, 1.82) is 0 Å². The first kappa shape index (κ1) is 70.3. The van der Waals surface area contributed by atoms with Gasteiger partial charge in [-0.1, -0.05) is 294 Å². The van der Waals surface area contributed by atoms with Gasteiger partial charge in [-0.2, -0.15) is 0 Å². The number of rotatable bonds is 59. The molecule has 6 nitrogen and oxygen atoms in total. The summed E-state index contributed by atoms with van der Waals surface area (Å²) in [6, 6.07) is -1.02. The quantitative estimate of drug-likeness (QED) is 0.0308. The minimum absolute atomic E-state index is 0.356. The number of unbranched alkanes of at least 4 members (excludes halogenated alkanes) is 42. The van der Waals surface area contributed by atoms with Crippen molar-refractivity contribution in [2.24, 2.45) is 0 Å². The lowest BCUT2D eigenvalue weighted by molar-refractivity contribution is -0.132. The van der Waals surface area contributed by atoms with Gasteiger partial charge >= 0.3 is 0 Å². The van der Waals surface area contributed by atoms with Gasteiger partial charge in [-0.05, 0) is 89.9 Å². The van der Waals surface area contributed by atoms with Gasteiger partial charge in [-0.15, -0.1) is 0 Å². The third kappa shape index (κ3) is 53.1. The maximum atomic E-state index is 12.6. The molecule has 0 spiro atoms. The second-order valence-corrected chi connectivity index (χ2v) is 22.1. The van der Waals surface area contributed by atoms with Crippen molar-refractivity contribution in [2.75, 3.05) is 6.61 Å². The molecule has 4 atom stereocenters. The van der Waals surface area contributed by atoms with E-state index in [4.69, 9.17) is 0 Å². The van der Waals surface area contributed by atoms with Gasteiger partial charge in [-0.25, -0.2) is 0 Å². The van der Waals surface area contributed by atoms with Crippen molar-refractivity contribution in [2.45, 2.75) is 359 Å². The molecule has 0 aromatic heterocycles. The van der Waals surface area contributed by atoms with Gasteiger partial charge in [-0.3, -0.25) is 4.79 Å². The summed E-state index contributed by atoms with van der Waals surface area (Å²) < 4.78 is 0. The predicted octanol–water partition coefficient (Wildman–Crippen LogP) is 19.3. The van der Waals surface area contributed by atoms with Crippen LogP contribution in [0.2, 0.25) is 0 Å². The summed E-state index contributed by atoms with van der Waals surface area (Å²) in [5, 5.41) is 44.1. The number of amides is 1. The Balaban J connectivity index is 3.67. The molecule has 1 amide bonds. The highest BCUT2D eigenvalue weighted by Crippen LogP contribution is 2.18. The maximum absolute atomic E-state index is 12.6. The monoisotopic (exact) mass is 1010 g/mol. The van der Waals surface area contributed by atoms with Gasteiger partial charge in [0, 0.05) is 0 Å². The molecule has 6 heteroatoms. The van der Waals surface area contributed by atoms with Gasteiger partial charge in [0.2, 0.25) is 5.91 Å². The van der Waals surface area contributed by atoms with Crippen LogP contribution in [0.1, 0.15) is 335 Å². The third-order valence-electron chi connectivity index (χ3n) is 15.0. The Kier molecular flexibility index (Phi) is 58.7. The van der Waals surface area contributed by atoms with Crippen LogP contribution in [-0.2, 0) is 4.79 Å². The molecular weight excluding hydrogens is 887 g/mol. The van der Waals surface area contributed by atoms with E-state index in [9.17, 15) is 25.2 Å². The summed E-state index contributed by atoms with van der Waals surface area (Å²) in [6.07, 6.45) is 77.8. The van der Waals surface area contributed by atoms with Crippen LogP contribution in [0.5, 0.6) is 0 Å². The largest absolute Gasteiger partial charge is 0.394 e. The van der Waals surface area contributed by atoms with Gasteiger partial charge in [0.15, 0.2) is 0 Å². The Morgan fingerprint density at radius 3 is 0.875 bits per heavy atom. The summed E-state index contributed by atoms with van der Waals surface area (Å²) in [7, 11) is 0. The number of carbonyl (C=O) groups is 1. The molecule has 0 rings (SSSR count). The molecule has 4 unspecified atom stereocenters. The third-order valence-corrected chi connectivity index (χ3v) is 15.0. The molecule has 0 bridgehead atoms. The lowest BCUT2D eigenvalue weighted by atomic mass is 10.00. The number of allylic oxidation sites excluding steroid dienone is 8. The normalized spacial score (nSPS) is 13.9. The Morgan fingerprint density at radius 2 is 0.583 bits per heavy atom. The summed E-state index contributed by atoms with van der Waals surface area (Å²) >= 11 is 0.